The van der Waals surface area contributed by atoms with E-state index in [2.05, 4.69) is 215 Å². The first kappa shape index (κ1) is 32.4. The lowest BCUT2D eigenvalue weighted by molar-refractivity contribution is 1.02. The van der Waals surface area contributed by atoms with E-state index in [1.165, 1.54) is 43.7 Å². The molecule has 0 fully saturated rings. The van der Waals surface area contributed by atoms with Gasteiger partial charge in [-0.25, -0.2) is 9.97 Å². The molecule has 0 spiro atoms. The first-order valence-electron chi connectivity index (χ1n) is 19.7. The number of para-hydroxylation sites is 4. The summed E-state index contributed by atoms with van der Waals surface area (Å²) in [6.07, 6.45) is 0. The van der Waals surface area contributed by atoms with Crippen LogP contribution in [0.15, 0.2) is 206 Å². The standard InChI is InChI=1S/C54H34N4/c1-3-13-35(14-4-1)36-23-26-38(27-24-36)52-46-19-7-10-20-48(46)55-54(56-52)58-50-22-12-9-18-43(50)45-32-29-37-25-28-39(33-47(37)53(45)58)40-30-31-44-42-17-8-11-21-49(42)57(51(44)34-40)41-15-5-2-6-16-41/h1-34H. The van der Waals surface area contributed by atoms with Crippen LogP contribution in [0.4, 0.5) is 0 Å². The van der Waals surface area contributed by atoms with Crippen molar-refractivity contribution in [2.45, 2.75) is 0 Å². The average molecular weight is 739 g/mol. The lowest BCUT2D eigenvalue weighted by atomic mass is 9.98. The van der Waals surface area contributed by atoms with Gasteiger partial charge in [0.05, 0.1) is 33.3 Å². The van der Waals surface area contributed by atoms with Gasteiger partial charge in [0, 0.05) is 43.6 Å². The molecule has 0 N–H and O–H groups in total. The third kappa shape index (κ3) is 5.02. The Kier molecular flexibility index (Phi) is 7.20. The molecule has 3 heterocycles. The second-order valence-electron chi connectivity index (χ2n) is 15.0. The van der Waals surface area contributed by atoms with E-state index in [0.29, 0.717) is 5.95 Å². The van der Waals surface area contributed by atoms with Crippen molar-refractivity contribution >= 4 is 65.3 Å². The van der Waals surface area contributed by atoms with Gasteiger partial charge < -0.3 is 4.57 Å². The number of nitrogens with zero attached hydrogens (tertiary/aromatic N) is 4. The zero-order valence-electron chi connectivity index (χ0n) is 31.4. The minimum absolute atomic E-state index is 0.652. The SMILES string of the molecule is c1ccc(-c2ccc(-c3nc(-n4c5ccccc5c5ccc6ccc(-c7ccc8c9ccccc9n(-c9ccccc9)c8c7)cc6c54)nc4ccccc34)cc2)cc1. The van der Waals surface area contributed by atoms with Crippen LogP contribution in [0.25, 0.3) is 110 Å². The summed E-state index contributed by atoms with van der Waals surface area (Å²) >= 11 is 0. The van der Waals surface area contributed by atoms with Gasteiger partial charge in [-0.2, -0.15) is 0 Å². The highest BCUT2D eigenvalue weighted by molar-refractivity contribution is 6.19. The molecule has 58 heavy (non-hydrogen) atoms. The van der Waals surface area contributed by atoms with E-state index in [-0.39, 0.29) is 0 Å². The summed E-state index contributed by atoms with van der Waals surface area (Å²) in [6.45, 7) is 0. The highest BCUT2D eigenvalue weighted by Gasteiger charge is 2.20. The summed E-state index contributed by atoms with van der Waals surface area (Å²) in [7, 11) is 0. The molecular weight excluding hydrogens is 705 g/mol. The highest BCUT2D eigenvalue weighted by Crippen LogP contribution is 2.40. The molecule has 9 aromatic carbocycles. The van der Waals surface area contributed by atoms with Crippen LogP contribution in [0.3, 0.4) is 0 Å². The van der Waals surface area contributed by atoms with Crippen molar-refractivity contribution in [2.75, 3.05) is 0 Å². The molecule has 0 aliphatic heterocycles. The van der Waals surface area contributed by atoms with Crippen molar-refractivity contribution in [1.29, 1.82) is 0 Å². The lowest BCUT2D eigenvalue weighted by Crippen LogP contribution is -2.03. The molecule has 0 aliphatic carbocycles. The maximum absolute atomic E-state index is 5.45. The van der Waals surface area contributed by atoms with Gasteiger partial charge in [0.1, 0.15) is 0 Å². The molecule has 3 aromatic heterocycles. The van der Waals surface area contributed by atoms with Gasteiger partial charge in [0.25, 0.3) is 0 Å². The van der Waals surface area contributed by atoms with Crippen molar-refractivity contribution in [2.24, 2.45) is 0 Å². The first-order chi connectivity index (χ1) is 28.8. The van der Waals surface area contributed by atoms with E-state index in [4.69, 9.17) is 9.97 Å². The lowest BCUT2D eigenvalue weighted by Gasteiger charge is -2.13. The second kappa shape index (κ2) is 12.9. The van der Waals surface area contributed by atoms with E-state index in [1.807, 2.05) is 0 Å². The van der Waals surface area contributed by atoms with Crippen LogP contribution >= 0.6 is 0 Å². The van der Waals surface area contributed by atoms with Gasteiger partial charge in [-0.1, -0.05) is 164 Å². The van der Waals surface area contributed by atoms with Crippen molar-refractivity contribution in [1.82, 2.24) is 19.1 Å². The molecule has 4 heteroatoms. The van der Waals surface area contributed by atoms with Crippen LogP contribution in [-0.4, -0.2) is 19.1 Å². The Hall–Kier alpha value is -7.82. The van der Waals surface area contributed by atoms with Crippen molar-refractivity contribution in [3.05, 3.63) is 206 Å². The second-order valence-corrected chi connectivity index (χ2v) is 15.0. The number of hydrogen-bond donors (Lipinski definition) is 0. The number of aromatic nitrogens is 4. The highest BCUT2D eigenvalue weighted by atomic mass is 15.2. The molecule has 0 atom stereocenters. The predicted octanol–water partition coefficient (Wildman–Crippen LogP) is 14.0. The Morgan fingerprint density at radius 1 is 0.310 bits per heavy atom. The third-order valence-electron chi connectivity index (χ3n) is 11.7. The largest absolute Gasteiger partial charge is 0.309 e. The van der Waals surface area contributed by atoms with Crippen LogP contribution in [0.2, 0.25) is 0 Å². The van der Waals surface area contributed by atoms with Crippen molar-refractivity contribution in [3.63, 3.8) is 0 Å². The number of fused-ring (bicyclic) bond motifs is 9. The smallest absolute Gasteiger partial charge is 0.235 e. The maximum Gasteiger partial charge on any atom is 0.235 e. The molecule has 12 rings (SSSR count). The molecule has 0 amide bonds. The van der Waals surface area contributed by atoms with Gasteiger partial charge in [0.15, 0.2) is 0 Å². The Bertz CT molecular complexity index is 3540. The topological polar surface area (TPSA) is 35.6 Å². The van der Waals surface area contributed by atoms with Gasteiger partial charge >= 0.3 is 0 Å². The van der Waals surface area contributed by atoms with Gasteiger partial charge in [-0.3, -0.25) is 4.57 Å². The average Bonchev–Trinajstić information content (AvgIpc) is 3.82. The van der Waals surface area contributed by atoms with Crippen LogP contribution in [0.1, 0.15) is 0 Å². The van der Waals surface area contributed by atoms with E-state index in [1.54, 1.807) is 0 Å². The molecule has 12 aromatic rings. The third-order valence-corrected chi connectivity index (χ3v) is 11.7. The maximum atomic E-state index is 5.45. The monoisotopic (exact) mass is 738 g/mol. The summed E-state index contributed by atoms with van der Waals surface area (Å²) in [5.41, 5.74) is 13.3. The predicted molar refractivity (Wildman–Crippen MR) is 242 cm³/mol. The van der Waals surface area contributed by atoms with E-state index >= 15 is 0 Å². The van der Waals surface area contributed by atoms with E-state index in [9.17, 15) is 0 Å². The summed E-state index contributed by atoms with van der Waals surface area (Å²) in [6, 6.07) is 73.8. The number of rotatable bonds is 5. The first-order valence-corrected chi connectivity index (χ1v) is 19.7. The van der Waals surface area contributed by atoms with Crippen molar-refractivity contribution < 1.29 is 0 Å². The zero-order valence-corrected chi connectivity index (χ0v) is 31.4. The molecule has 270 valence electrons. The number of hydrogen-bond acceptors (Lipinski definition) is 2. The number of benzene rings is 9. The Labute approximate surface area is 334 Å². The molecule has 0 saturated carbocycles. The Morgan fingerprint density at radius 3 is 1.64 bits per heavy atom. The summed E-state index contributed by atoms with van der Waals surface area (Å²) < 4.78 is 4.66. The molecule has 0 aliphatic rings. The summed E-state index contributed by atoms with van der Waals surface area (Å²) in [5, 5.41) is 8.17. The fraction of sp³-hybridized carbons (Fsp3) is 0. The summed E-state index contributed by atoms with van der Waals surface area (Å²) in [4.78, 5) is 10.7. The van der Waals surface area contributed by atoms with Crippen LogP contribution in [-0.2, 0) is 0 Å². The fourth-order valence-electron chi connectivity index (χ4n) is 9.01. The minimum atomic E-state index is 0.652. The molecule has 0 bridgehead atoms. The van der Waals surface area contributed by atoms with Crippen LogP contribution in [0, 0.1) is 0 Å². The zero-order chi connectivity index (χ0) is 38.2. The van der Waals surface area contributed by atoms with Crippen LogP contribution in [0.5, 0.6) is 0 Å². The Balaban J connectivity index is 1.08. The van der Waals surface area contributed by atoms with Gasteiger partial charge in [0.2, 0.25) is 5.95 Å². The van der Waals surface area contributed by atoms with Crippen LogP contribution < -0.4 is 0 Å². The normalized spacial score (nSPS) is 11.8. The molecule has 0 unspecified atom stereocenters. The molecular formula is C54H34N4. The van der Waals surface area contributed by atoms with E-state index in [0.717, 1.165) is 60.8 Å². The van der Waals surface area contributed by atoms with Crippen molar-refractivity contribution in [3.8, 4) is 45.1 Å². The summed E-state index contributed by atoms with van der Waals surface area (Å²) in [5.74, 6) is 0.652. The quantitative estimate of drug-likeness (QED) is 0.176. The molecule has 0 radical (unpaired) electrons. The minimum Gasteiger partial charge on any atom is -0.309 e. The molecule has 4 nitrogen and oxygen atoms in total. The fourth-order valence-corrected chi connectivity index (χ4v) is 9.01. The van der Waals surface area contributed by atoms with Gasteiger partial charge in [-0.15, -0.1) is 0 Å². The van der Waals surface area contributed by atoms with E-state index < -0.39 is 0 Å². The van der Waals surface area contributed by atoms with Gasteiger partial charge in [-0.05, 0) is 70.1 Å². The molecule has 0 saturated heterocycles. The Morgan fingerprint density at radius 2 is 0.845 bits per heavy atom.